The first kappa shape index (κ1) is 14.7. The van der Waals surface area contributed by atoms with Crippen molar-refractivity contribution in [1.82, 2.24) is 9.88 Å². The predicted octanol–water partition coefficient (Wildman–Crippen LogP) is 2.47. The van der Waals surface area contributed by atoms with E-state index in [2.05, 4.69) is 33.4 Å². The van der Waals surface area contributed by atoms with Crippen LogP contribution >= 0.6 is 0 Å². The van der Waals surface area contributed by atoms with E-state index in [1.54, 1.807) is 0 Å². The fourth-order valence-electron chi connectivity index (χ4n) is 3.93. The minimum atomic E-state index is -0.339. The van der Waals surface area contributed by atoms with Gasteiger partial charge in [-0.15, -0.1) is 0 Å². The van der Waals surface area contributed by atoms with E-state index in [1.807, 2.05) is 30.5 Å². The Morgan fingerprint density at radius 1 is 1.17 bits per heavy atom. The number of fused-ring (bicyclic) bond motifs is 1. The third-order valence-corrected chi connectivity index (χ3v) is 5.19. The Morgan fingerprint density at radius 2 is 2.04 bits per heavy atom. The number of nitrogens with one attached hydrogen (secondary N) is 1. The average Bonchev–Trinajstić information content (AvgIpc) is 3.19. The molecule has 0 spiro atoms. The Morgan fingerprint density at radius 3 is 2.87 bits per heavy atom. The fourth-order valence-corrected chi connectivity index (χ4v) is 3.93. The maximum absolute atomic E-state index is 10.6. The zero-order valence-electron chi connectivity index (χ0n) is 13.2. The lowest BCUT2D eigenvalue weighted by Crippen LogP contribution is -2.37. The monoisotopic (exact) mass is 309 g/mol. The second-order valence-corrected chi connectivity index (χ2v) is 6.66. The van der Waals surface area contributed by atoms with Crippen molar-refractivity contribution in [1.29, 1.82) is 0 Å². The van der Waals surface area contributed by atoms with Crippen LogP contribution in [0.2, 0.25) is 0 Å². The molecule has 120 valence electrons. The number of aliphatic hydroxyl groups is 1. The van der Waals surface area contributed by atoms with Crippen molar-refractivity contribution in [3.63, 3.8) is 0 Å². The summed E-state index contributed by atoms with van der Waals surface area (Å²) < 4.78 is 0. The van der Waals surface area contributed by atoms with E-state index < -0.39 is 0 Å². The number of hydrogen-bond donors (Lipinski definition) is 2. The molecule has 1 aliphatic carbocycles. The molecule has 2 aliphatic rings. The van der Waals surface area contributed by atoms with Gasteiger partial charge in [-0.25, -0.2) is 4.98 Å². The summed E-state index contributed by atoms with van der Waals surface area (Å²) in [5.41, 5.74) is 2.42. The zero-order chi connectivity index (χ0) is 15.6. The topological polar surface area (TPSA) is 48.4 Å². The van der Waals surface area contributed by atoms with Crippen molar-refractivity contribution >= 4 is 5.82 Å². The van der Waals surface area contributed by atoms with Crippen LogP contribution in [0.15, 0.2) is 48.7 Å². The molecule has 2 aromatic rings. The first-order valence-electron chi connectivity index (χ1n) is 8.46. The molecule has 0 radical (unpaired) electrons. The molecular weight excluding hydrogens is 286 g/mol. The van der Waals surface area contributed by atoms with Gasteiger partial charge in [-0.3, -0.25) is 4.90 Å². The number of nitrogens with zero attached hydrogens (tertiary/aromatic N) is 2. The number of aliphatic hydroxyl groups excluding tert-OH is 1. The van der Waals surface area contributed by atoms with Gasteiger partial charge < -0.3 is 10.4 Å². The summed E-state index contributed by atoms with van der Waals surface area (Å²) in [5.74, 6) is 1.56. The molecule has 23 heavy (non-hydrogen) atoms. The van der Waals surface area contributed by atoms with E-state index in [0.717, 1.165) is 37.4 Å². The molecule has 2 N–H and O–H groups in total. The lowest BCUT2D eigenvalue weighted by molar-refractivity contribution is 0.0730. The van der Waals surface area contributed by atoms with E-state index in [1.165, 1.54) is 12.0 Å². The van der Waals surface area contributed by atoms with Gasteiger partial charge in [0.25, 0.3) is 0 Å². The first-order chi connectivity index (χ1) is 11.3. The van der Waals surface area contributed by atoms with Crippen molar-refractivity contribution in [2.75, 3.05) is 25.0 Å². The van der Waals surface area contributed by atoms with Gasteiger partial charge >= 0.3 is 0 Å². The molecule has 3 unspecified atom stereocenters. The maximum atomic E-state index is 10.6. The summed E-state index contributed by atoms with van der Waals surface area (Å²) in [5, 5.41) is 14.1. The summed E-state index contributed by atoms with van der Waals surface area (Å²) in [6.45, 7) is 3.07. The normalized spacial score (nSPS) is 27.1. The van der Waals surface area contributed by atoms with Crippen molar-refractivity contribution < 1.29 is 5.11 Å². The van der Waals surface area contributed by atoms with Gasteiger partial charge in [0.15, 0.2) is 0 Å². The van der Waals surface area contributed by atoms with Crippen LogP contribution in [0.1, 0.15) is 23.7 Å². The Kier molecular flexibility index (Phi) is 4.02. The highest BCUT2D eigenvalue weighted by Crippen LogP contribution is 2.36. The first-order valence-corrected chi connectivity index (χ1v) is 8.46. The molecule has 2 heterocycles. The lowest BCUT2D eigenvalue weighted by Gasteiger charge is -2.27. The standard InChI is InChI=1S/C19H23N3O/c23-19-16-6-2-1-5-15(16)11-17(19)22-10-8-14(13-22)12-21-18-7-3-4-9-20-18/h1-7,9,14,17,19,23H,8,10-13H2,(H,20,21). The molecule has 4 heteroatoms. The van der Waals surface area contributed by atoms with Gasteiger partial charge in [0.05, 0.1) is 6.10 Å². The zero-order valence-corrected chi connectivity index (χ0v) is 13.2. The predicted molar refractivity (Wildman–Crippen MR) is 91.3 cm³/mol. The summed E-state index contributed by atoms with van der Waals surface area (Å²) in [4.78, 5) is 6.78. The van der Waals surface area contributed by atoms with E-state index in [9.17, 15) is 5.11 Å². The molecule has 4 rings (SSSR count). The molecule has 1 aliphatic heterocycles. The van der Waals surface area contributed by atoms with Crippen LogP contribution in [-0.2, 0) is 6.42 Å². The van der Waals surface area contributed by atoms with Crippen LogP contribution in [0.3, 0.4) is 0 Å². The summed E-state index contributed by atoms with van der Waals surface area (Å²) in [6.07, 6.45) is 3.63. The Balaban J connectivity index is 1.34. The lowest BCUT2D eigenvalue weighted by atomic mass is 10.1. The van der Waals surface area contributed by atoms with Gasteiger partial charge in [0, 0.05) is 25.3 Å². The number of rotatable bonds is 4. The maximum Gasteiger partial charge on any atom is 0.125 e. The largest absolute Gasteiger partial charge is 0.387 e. The third-order valence-electron chi connectivity index (χ3n) is 5.19. The van der Waals surface area contributed by atoms with Gasteiger partial charge in [-0.2, -0.15) is 0 Å². The van der Waals surface area contributed by atoms with E-state index >= 15 is 0 Å². The van der Waals surface area contributed by atoms with Crippen molar-refractivity contribution in [3.8, 4) is 0 Å². The highest BCUT2D eigenvalue weighted by atomic mass is 16.3. The van der Waals surface area contributed by atoms with Crippen molar-refractivity contribution in [2.24, 2.45) is 5.92 Å². The SMILES string of the molecule is OC1c2ccccc2CC1N1CCC(CNc2ccccn2)C1. The number of hydrogen-bond acceptors (Lipinski definition) is 4. The Bertz CT molecular complexity index is 661. The Hall–Kier alpha value is -1.91. The number of benzene rings is 1. The van der Waals surface area contributed by atoms with Crippen LogP contribution in [0.4, 0.5) is 5.82 Å². The molecule has 0 saturated carbocycles. The number of pyridine rings is 1. The van der Waals surface area contributed by atoms with E-state index in [-0.39, 0.29) is 12.1 Å². The Labute approximate surface area is 137 Å². The van der Waals surface area contributed by atoms with Crippen LogP contribution < -0.4 is 5.32 Å². The smallest absolute Gasteiger partial charge is 0.125 e. The van der Waals surface area contributed by atoms with Gasteiger partial charge in [-0.05, 0) is 48.6 Å². The van der Waals surface area contributed by atoms with E-state index in [4.69, 9.17) is 0 Å². The second kappa shape index (κ2) is 6.30. The third kappa shape index (κ3) is 2.96. The van der Waals surface area contributed by atoms with Gasteiger partial charge in [0.1, 0.15) is 5.82 Å². The molecule has 1 aromatic heterocycles. The van der Waals surface area contributed by atoms with Crippen LogP contribution in [0.5, 0.6) is 0 Å². The number of aromatic nitrogens is 1. The summed E-state index contributed by atoms with van der Waals surface area (Å²) in [7, 11) is 0. The molecule has 1 fully saturated rings. The average molecular weight is 309 g/mol. The molecule has 3 atom stereocenters. The molecule has 1 aromatic carbocycles. The summed E-state index contributed by atoms with van der Waals surface area (Å²) >= 11 is 0. The summed E-state index contributed by atoms with van der Waals surface area (Å²) in [6, 6.07) is 14.5. The highest BCUT2D eigenvalue weighted by Gasteiger charge is 2.37. The minimum absolute atomic E-state index is 0.243. The molecule has 0 amide bonds. The number of likely N-dealkylation sites (tertiary alicyclic amines) is 1. The molecule has 1 saturated heterocycles. The van der Waals surface area contributed by atoms with Crippen molar-refractivity contribution in [3.05, 3.63) is 59.8 Å². The number of anilines is 1. The van der Waals surface area contributed by atoms with Crippen LogP contribution in [-0.4, -0.2) is 40.7 Å². The van der Waals surface area contributed by atoms with Gasteiger partial charge in [-0.1, -0.05) is 30.3 Å². The fraction of sp³-hybridized carbons (Fsp3) is 0.421. The minimum Gasteiger partial charge on any atom is -0.387 e. The van der Waals surface area contributed by atoms with Gasteiger partial charge in [0.2, 0.25) is 0 Å². The quantitative estimate of drug-likeness (QED) is 0.911. The van der Waals surface area contributed by atoms with E-state index in [0.29, 0.717) is 5.92 Å². The van der Waals surface area contributed by atoms with Crippen LogP contribution in [0, 0.1) is 5.92 Å². The molecule has 0 bridgehead atoms. The van der Waals surface area contributed by atoms with Crippen molar-refractivity contribution in [2.45, 2.75) is 25.0 Å². The van der Waals surface area contributed by atoms with Crippen LogP contribution in [0.25, 0.3) is 0 Å². The highest BCUT2D eigenvalue weighted by molar-refractivity contribution is 5.36. The second-order valence-electron chi connectivity index (χ2n) is 6.66. The molecular formula is C19H23N3O. The molecule has 4 nitrogen and oxygen atoms in total.